The van der Waals surface area contributed by atoms with Gasteiger partial charge in [-0.2, -0.15) is 0 Å². The Kier molecular flexibility index (Phi) is 5.80. The molecule has 0 aliphatic rings. The number of benzene rings is 2. The minimum atomic E-state index is -0.342. The van der Waals surface area contributed by atoms with Gasteiger partial charge in [-0.25, -0.2) is 4.79 Å². The molecule has 3 rings (SSSR count). The number of carbonyl (C=O) groups excluding carboxylic acids is 1. The molecule has 2 N–H and O–H groups in total. The molecule has 0 unspecified atom stereocenters. The van der Waals surface area contributed by atoms with Gasteiger partial charge < -0.3 is 10.1 Å². The number of anilines is 2. The van der Waals surface area contributed by atoms with Crippen LogP contribution >= 0.6 is 11.3 Å². The van der Waals surface area contributed by atoms with E-state index in [1.54, 1.807) is 0 Å². The van der Waals surface area contributed by atoms with E-state index in [2.05, 4.69) is 26.9 Å². The first-order valence-electron chi connectivity index (χ1n) is 8.25. The van der Waals surface area contributed by atoms with E-state index in [9.17, 15) is 4.79 Å². The second kappa shape index (κ2) is 8.44. The molecule has 0 bridgehead atoms. The van der Waals surface area contributed by atoms with Gasteiger partial charge in [0.15, 0.2) is 0 Å². The first kappa shape index (κ1) is 17.9. The van der Waals surface area contributed by atoms with Gasteiger partial charge in [-0.05, 0) is 43.2 Å². The fourth-order valence-corrected chi connectivity index (χ4v) is 3.01. The zero-order valence-electron chi connectivity index (χ0n) is 14.7. The van der Waals surface area contributed by atoms with E-state index in [1.165, 1.54) is 11.3 Å². The van der Waals surface area contributed by atoms with Crippen LogP contribution in [0.5, 0.6) is 5.75 Å². The number of para-hydroxylation sites is 1. The van der Waals surface area contributed by atoms with E-state index < -0.39 is 0 Å². The summed E-state index contributed by atoms with van der Waals surface area (Å²) < 4.78 is 5.83. The van der Waals surface area contributed by atoms with Crippen molar-refractivity contribution >= 4 is 28.2 Å². The van der Waals surface area contributed by atoms with Crippen LogP contribution < -0.4 is 15.4 Å². The summed E-state index contributed by atoms with van der Waals surface area (Å²) in [5, 5.41) is 14.8. The molecule has 134 valence electrons. The average Bonchev–Trinajstić information content (AvgIpc) is 3.06. The first-order valence-corrected chi connectivity index (χ1v) is 9.07. The minimum Gasteiger partial charge on any atom is -0.493 e. The molecule has 0 saturated carbocycles. The van der Waals surface area contributed by atoms with Gasteiger partial charge in [-0.1, -0.05) is 41.7 Å². The summed E-state index contributed by atoms with van der Waals surface area (Å²) in [6.45, 7) is 4.57. The summed E-state index contributed by atoms with van der Waals surface area (Å²) in [6.07, 6.45) is 0.632. The minimum absolute atomic E-state index is 0.342. The topological polar surface area (TPSA) is 76.1 Å². The van der Waals surface area contributed by atoms with Crippen LogP contribution in [0.3, 0.4) is 0 Å². The SMILES string of the molecule is Cc1ccc(C)c(OCCc2nnc(NC(=O)Nc3ccccc3)s2)c1. The molecule has 1 heterocycles. The highest BCUT2D eigenvalue weighted by Gasteiger charge is 2.09. The molecular weight excluding hydrogens is 348 g/mol. The molecule has 6 nitrogen and oxygen atoms in total. The maximum atomic E-state index is 12.0. The quantitative estimate of drug-likeness (QED) is 0.675. The van der Waals surface area contributed by atoms with Crippen molar-refractivity contribution in [1.82, 2.24) is 10.2 Å². The van der Waals surface area contributed by atoms with E-state index in [-0.39, 0.29) is 6.03 Å². The molecule has 2 amide bonds. The Morgan fingerprint density at radius 1 is 1.08 bits per heavy atom. The van der Waals surface area contributed by atoms with Crippen molar-refractivity contribution in [2.45, 2.75) is 20.3 Å². The smallest absolute Gasteiger partial charge is 0.325 e. The van der Waals surface area contributed by atoms with Crippen LogP contribution in [0.1, 0.15) is 16.1 Å². The van der Waals surface area contributed by atoms with Gasteiger partial charge in [0.05, 0.1) is 6.61 Å². The van der Waals surface area contributed by atoms with E-state index in [0.29, 0.717) is 18.2 Å². The molecule has 26 heavy (non-hydrogen) atoms. The van der Waals surface area contributed by atoms with Crippen LogP contribution in [0.4, 0.5) is 15.6 Å². The van der Waals surface area contributed by atoms with Crippen molar-refractivity contribution < 1.29 is 9.53 Å². The van der Waals surface area contributed by atoms with Crippen molar-refractivity contribution in [2.24, 2.45) is 0 Å². The number of aryl methyl sites for hydroxylation is 2. The predicted octanol–water partition coefficient (Wildman–Crippen LogP) is 4.42. The van der Waals surface area contributed by atoms with E-state index in [0.717, 1.165) is 27.6 Å². The fourth-order valence-electron chi connectivity index (χ4n) is 2.30. The van der Waals surface area contributed by atoms with Gasteiger partial charge in [-0.3, -0.25) is 5.32 Å². The maximum Gasteiger partial charge on any atom is 0.325 e. The molecule has 0 saturated heterocycles. The number of hydrogen-bond acceptors (Lipinski definition) is 5. The summed E-state index contributed by atoms with van der Waals surface area (Å²) in [4.78, 5) is 12.0. The second-order valence-corrected chi connectivity index (χ2v) is 6.88. The highest BCUT2D eigenvalue weighted by Crippen LogP contribution is 2.20. The maximum absolute atomic E-state index is 12.0. The third kappa shape index (κ3) is 5.03. The van der Waals surface area contributed by atoms with E-state index >= 15 is 0 Å². The lowest BCUT2D eigenvalue weighted by atomic mass is 10.1. The van der Waals surface area contributed by atoms with Gasteiger partial charge >= 0.3 is 6.03 Å². The Labute approximate surface area is 156 Å². The zero-order valence-corrected chi connectivity index (χ0v) is 15.5. The van der Waals surface area contributed by atoms with Crippen LogP contribution in [0, 0.1) is 13.8 Å². The lowest BCUT2D eigenvalue weighted by molar-refractivity contribution is 0.262. The Morgan fingerprint density at radius 2 is 1.88 bits per heavy atom. The number of nitrogens with zero attached hydrogens (tertiary/aromatic N) is 2. The fraction of sp³-hybridized carbons (Fsp3) is 0.211. The standard InChI is InChI=1S/C19H20N4O2S/c1-13-8-9-14(2)16(12-13)25-11-10-17-22-23-19(26-17)21-18(24)20-15-6-4-3-5-7-15/h3-9,12H,10-11H2,1-2H3,(H2,20,21,23,24). The molecule has 0 radical (unpaired) electrons. The van der Waals surface area contributed by atoms with Crippen LogP contribution in [0.25, 0.3) is 0 Å². The van der Waals surface area contributed by atoms with E-state index in [1.807, 2.05) is 56.3 Å². The van der Waals surface area contributed by atoms with Crippen molar-refractivity contribution in [1.29, 1.82) is 0 Å². The number of hydrogen-bond donors (Lipinski definition) is 2. The molecule has 1 aromatic heterocycles. The molecule has 0 spiro atoms. The Hall–Kier alpha value is -2.93. The second-order valence-electron chi connectivity index (χ2n) is 5.81. The highest BCUT2D eigenvalue weighted by atomic mass is 32.1. The van der Waals surface area contributed by atoms with Gasteiger partial charge in [0.1, 0.15) is 10.8 Å². The summed E-state index contributed by atoms with van der Waals surface area (Å²) in [6, 6.07) is 15.0. The van der Waals surface area contributed by atoms with Crippen LogP contribution in [-0.4, -0.2) is 22.8 Å². The summed E-state index contributed by atoms with van der Waals surface area (Å²) in [5.41, 5.74) is 2.99. The van der Waals surface area contributed by atoms with Crippen molar-refractivity contribution in [3.05, 3.63) is 64.7 Å². The summed E-state index contributed by atoms with van der Waals surface area (Å²) in [7, 11) is 0. The summed E-state index contributed by atoms with van der Waals surface area (Å²) in [5.74, 6) is 0.884. The lowest BCUT2D eigenvalue weighted by Gasteiger charge is -2.08. The molecule has 0 atom stereocenters. The summed E-state index contributed by atoms with van der Waals surface area (Å²) >= 11 is 1.34. The van der Waals surface area contributed by atoms with Crippen molar-refractivity contribution in [2.75, 3.05) is 17.2 Å². The third-order valence-corrected chi connectivity index (χ3v) is 4.53. The molecule has 0 aliphatic carbocycles. The first-order chi connectivity index (χ1) is 12.6. The van der Waals surface area contributed by atoms with Crippen LogP contribution in [-0.2, 0) is 6.42 Å². The number of rotatable bonds is 6. The molecule has 0 aliphatic heterocycles. The van der Waals surface area contributed by atoms with Crippen LogP contribution in [0.15, 0.2) is 48.5 Å². The molecule has 3 aromatic rings. The van der Waals surface area contributed by atoms with Crippen molar-refractivity contribution in [3.8, 4) is 5.75 Å². The van der Waals surface area contributed by atoms with E-state index in [4.69, 9.17) is 4.74 Å². The number of amides is 2. The van der Waals surface area contributed by atoms with Gasteiger partial charge in [-0.15, -0.1) is 10.2 Å². The van der Waals surface area contributed by atoms with Gasteiger partial charge in [0.25, 0.3) is 0 Å². The number of carbonyl (C=O) groups is 1. The molecule has 7 heteroatoms. The number of ether oxygens (including phenoxy) is 1. The normalized spacial score (nSPS) is 10.4. The highest BCUT2D eigenvalue weighted by molar-refractivity contribution is 7.15. The predicted molar refractivity (Wildman–Crippen MR) is 104 cm³/mol. The van der Waals surface area contributed by atoms with Gasteiger partial charge in [0, 0.05) is 12.1 Å². The molecular formula is C19H20N4O2S. The number of aromatic nitrogens is 2. The number of nitrogens with one attached hydrogen (secondary N) is 2. The average molecular weight is 368 g/mol. The number of urea groups is 1. The monoisotopic (exact) mass is 368 g/mol. The molecule has 0 fully saturated rings. The van der Waals surface area contributed by atoms with Gasteiger partial charge in [0.2, 0.25) is 5.13 Å². The Bertz CT molecular complexity index is 880. The zero-order chi connectivity index (χ0) is 18.4. The Balaban J connectivity index is 1.48. The third-order valence-electron chi connectivity index (χ3n) is 3.64. The van der Waals surface area contributed by atoms with Crippen molar-refractivity contribution in [3.63, 3.8) is 0 Å². The largest absolute Gasteiger partial charge is 0.493 e. The lowest BCUT2D eigenvalue weighted by Crippen LogP contribution is -2.19. The molecule has 2 aromatic carbocycles. The Morgan fingerprint density at radius 3 is 2.69 bits per heavy atom. The van der Waals surface area contributed by atoms with Crippen LogP contribution in [0.2, 0.25) is 0 Å².